The highest BCUT2D eigenvalue weighted by molar-refractivity contribution is 7.20. The topological polar surface area (TPSA) is 64.1 Å². The lowest BCUT2D eigenvalue weighted by atomic mass is 10.1. The Labute approximate surface area is 155 Å². The molecule has 7 heteroatoms. The number of aryl methyl sites for hydroxylation is 2. The predicted octanol–water partition coefficient (Wildman–Crippen LogP) is 5.27. The van der Waals surface area contributed by atoms with E-state index in [0.717, 1.165) is 28.6 Å². The van der Waals surface area contributed by atoms with Crippen molar-refractivity contribution in [3.05, 3.63) is 45.6 Å². The second-order valence-electron chi connectivity index (χ2n) is 5.65. The quantitative estimate of drug-likeness (QED) is 0.486. The maximum atomic E-state index is 12.3. The number of fused-ring (bicyclic) bond motifs is 1. The number of carbonyl (C=O) groups excluding carboxylic acids is 1. The van der Waals surface area contributed by atoms with Crippen molar-refractivity contribution in [1.82, 2.24) is 9.97 Å². The van der Waals surface area contributed by atoms with Crippen LogP contribution in [0.1, 0.15) is 34.1 Å². The zero-order valence-electron chi connectivity index (χ0n) is 14.2. The minimum Gasteiger partial charge on any atom is -0.462 e. The number of esters is 1. The van der Waals surface area contributed by atoms with Gasteiger partial charge in [-0.2, -0.15) is 4.98 Å². The average Bonchev–Trinajstić information content (AvgIpc) is 2.91. The first kappa shape index (κ1) is 17.6. The van der Waals surface area contributed by atoms with Gasteiger partial charge in [-0.3, -0.25) is 0 Å². The molecule has 0 saturated carbocycles. The Balaban J connectivity index is 2.08. The lowest BCUT2D eigenvalue weighted by Gasteiger charge is -2.10. The molecule has 1 aromatic carbocycles. The number of halogens is 1. The van der Waals surface area contributed by atoms with E-state index in [4.69, 9.17) is 16.3 Å². The molecule has 5 nitrogen and oxygen atoms in total. The normalized spacial score (nSPS) is 10.9. The third-order valence-corrected chi connectivity index (χ3v) is 5.12. The third-order valence-electron chi connectivity index (χ3n) is 3.78. The summed E-state index contributed by atoms with van der Waals surface area (Å²) in [6.07, 6.45) is 0.779. The van der Waals surface area contributed by atoms with Crippen molar-refractivity contribution in [2.75, 3.05) is 11.9 Å². The van der Waals surface area contributed by atoms with E-state index in [0.29, 0.717) is 22.1 Å². The minimum atomic E-state index is -0.333. The second kappa shape index (κ2) is 7.37. The summed E-state index contributed by atoms with van der Waals surface area (Å²) >= 11 is 7.36. The largest absolute Gasteiger partial charge is 0.462 e. The Morgan fingerprint density at radius 3 is 2.76 bits per heavy atom. The Morgan fingerprint density at radius 1 is 1.28 bits per heavy atom. The molecule has 3 rings (SSSR count). The van der Waals surface area contributed by atoms with E-state index in [1.165, 1.54) is 11.3 Å². The Morgan fingerprint density at radius 2 is 2.04 bits per heavy atom. The monoisotopic (exact) mass is 375 g/mol. The van der Waals surface area contributed by atoms with Crippen LogP contribution in [0.25, 0.3) is 10.2 Å². The van der Waals surface area contributed by atoms with Crippen LogP contribution in [0.2, 0.25) is 5.28 Å². The molecule has 0 radical (unpaired) electrons. The average molecular weight is 376 g/mol. The summed E-state index contributed by atoms with van der Waals surface area (Å²) in [5.41, 5.74) is 2.81. The van der Waals surface area contributed by atoms with Gasteiger partial charge in [0.15, 0.2) is 0 Å². The highest BCUT2D eigenvalue weighted by Gasteiger charge is 2.21. The van der Waals surface area contributed by atoms with E-state index in [-0.39, 0.29) is 11.3 Å². The van der Waals surface area contributed by atoms with Crippen molar-refractivity contribution in [1.29, 1.82) is 0 Å². The molecule has 0 spiro atoms. The van der Waals surface area contributed by atoms with Crippen molar-refractivity contribution >= 4 is 50.6 Å². The van der Waals surface area contributed by atoms with Gasteiger partial charge in [-0.25, -0.2) is 9.78 Å². The number of rotatable bonds is 5. The van der Waals surface area contributed by atoms with Crippen molar-refractivity contribution in [2.24, 2.45) is 0 Å². The predicted molar refractivity (Wildman–Crippen MR) is 102 cm³/mol. The molecule has 2 heterocycles. The molecule has 0 bridgehead atoms. The van der Waals surface area contributed by atoms with Crippen molar-refractivity contribution in [3.8, 4) is 0 Å². The van der Waals surface area contributed by atoms with Gasteiger partial charge in [0.05, 0.1) is 12.0 Å². The number of aromatic nitrogens is 2. The van der Waals surface area contributed by atoms with Gasteiger partial charge < -0.3 is 10.1 Å². The van der Waals surface area contributed by atoms with E-state index in [2.05, 4.69) is 15.3 Å². The van der Waals surface area contributed by atoms with Crippen LogP contribution in [0, 0.1) is 13.8 Å². The van der Waals surface area contributed by atoms with Gasteiger partial charge in [-0.05, 0) is 49.1 Å². The van der Waals surface area contributed by atoms with Gasteiger partial charge >= 0.3 is 5.97 Å². The maximum absolute atomic E-state index is 12.3. The highest BCUT2D eigenvalue weighted by atomic mass is 35.5. The van der Waals surface area contributed by atoms with Crippen LogP contribution in [-0.4, -0.2) is 22.5 Å². The molecule has 0 saturated heterocycles. The summed E-state index contributed by atoms with van der Waals surface area (Å²) in [5.74, 6) is 0.257. The van der Waals surface area contributed by atoms with E-state index in [1.807, 2.05) is 45.0 Å². The smallest absolute Gasteiger partial charge is 0.348 e. The number of ether oxygens (including phenoxy) is 1. The summed E-state index contributed by atoms with van der Waals surface area (Å²) < 4.78 is 5.27. The standard InChI is InChI=1S/C18H18ClN3O2S/c1-4-9-24-17(23)14-11(3)13-15(21-18(19)22-16(13)25-14)20-12-8-6-5-7-10(12)2/h5-8H,4,9H2,1-3H3,(H,20,21,22). The molecule has 25 heavy (non-hydrogen) atoms. The fourth-order valence-electron chi connectivity index (χ4n) is 2.50. The third kappa shape index (κ3) is 3.60. The molecule has 0 unspecified atom stereocenters. The Hall–Kier alpha value is -2.18. The van der Waals surface area contributed by atoms with Crippen LogP contribution in [0.5, 0.6) is 0 Å². The van der Waals surface area contributed by atoms with Gasteiger partial charge in [0.25, 0.3) is 0 Å². The lowest BCUT2D eigenvalue weighted by molar-refractivity contribution is 0.0510. The molecular weight excluding hydrogens is 358 g/mol. The highest BCUT2D eigenvalue weighted by Crippen LogP contribution is 2.36. The van der Waals surface area contributed by atoms with Gasteiger partial charge in [0.1, 0.15) is 15.5 Å². The molecular formula is C18H18ClN3O2S. The summed E-state index contributed by atoms with van der Waals surface area (Å²) in [7, 11) is 0. The molecule has 0 atom stereocenters. The molecule has 2 aromatic heterocycles. The Kier molecular flexibility index (Phi) is 5.20. The van der Waals surface area contributed by atoms with Crippen LogP contribution in [-0.2, 0) is 4.74 Å². The molecule has 0 aliphatic heterocycles. The number of hydrogen-bond acceptors (Lipinski definition) is 6. The van der Waals surface area contributed by atoms with Crippen LogP contribution < -0.4 is 5.32 Å². The SMILES string of the molecule is CCCOC(=O)c1sc2nc(Cl)nc(Nc3ccccc3C)c2c1C. The zero-order chi connectivity index (χ0) is 18.0. The molecule has 0 aliphatic rings. The molecule has 0 fully saturated rings. The van der Waals surface area contributed by atoms with E-state index in [9.17, 15) is 4.79 Å². The number of nitrogens with one attached hydrogen (secondary N) is 1. The van der Waals surface area contributed by atoms with E-state index in [1.54, 1.807) is 0 Å². The molecule has 3 aromatic rings. The number of hydrogen-bond donors (Lipinski definition) is 1. The molecule has 1 N–H and O–H groups in total. The number of anilines is 2. The Bertz CT molecular complexity index is 939. The zero-order valence-corrected chi connectivity index (χ0v) is 15.8. The first-order chi connectivity index (χ1) is 12.0. The fourth-order valence-corrected chi connectivity index (χ4v) is 3.79. The van der Waals surface area contributed by atoms with Crippen LogP contribution in [0.15, 0.2) is 24.3 Å². The number of nitrogens with zero attached hydrogens (tertiary/aromatic N) is 2. The van der Waals surface area contributed by atoms with E-state index >= 15 is 0 Å². The van der Waals surface area contributed by atoms with Crippen molar-refractivity contribution in [2.45, 2.75) is 27.2 Å². The van der Waals surface area contributed by atoms with E-state index < -0.39 is 0 Å². The van der Waals surface area contributed by atoms with Crippen LogP contribution >= 0.6 is 22.9 Å². The number of benzene rings is 1. The lowest BCUT2D eigenvalue weighted by Crippen LogP contribution is -2.05. The summed E-state index contributed by atoms with van der Waals surface area (Å²) in [6, 6.07) is 7.90. The molecule has 0 aliphatic carbocycles. The first-order valence-corrected chi connectivity index (χ1v) is 9.17. The molecule has 0 amide bonds. The summed E-state index contributed by atoms with van der Waals surface area (Å²) in [5, 5.41) is 4.24. The maximum Gasteiger partial charge on any atom is 0.348 e. The summed E-state index contributed by atoms with van der Waals surface area (Å²) in [4.78, 5) is 22.1. The van der Waals surface area contributed by atoms with Gasteiger partial charge in [-0.1, -0.05) is 25.1 Å². The van der Waals surface area contributed by atoms with Crippen LogP contribution in [0.4, 0.5) is 11.5 Å². The number of thiophene rings is 1. The second-order valence-corrected chi connectivity index (χ2v) is 6.99. The van der Waals surface area contributed by atoms with Crippen LogP contribution in [0.3, 0.4) is 0 Å². The fraction of sp³-hybridized carbons (Fsp3) is 0.278. The number of carbonyl (C=O) groups is 1. The number of para-hydroxylation sites is 1. The minimum absolute atomic E-state index is 0.137. The van der Waals surface area contributed by atoms with Crippen molar-refractivity contribution < 1.29 is 9.53 Å². The first-order valence-electron chi connectivity index (χ1n) is 7.97. The van der Waals surface area contributed by atoms with Gasteiger partial charge in [-0.15, -0.1) is 11.3 Å². The van der Waals surface area contributed by atoms with Gasteiger partial charge in [0, 0.05) is 5.69 Å². The van der Waals surface area contributed by atoms with Gasteiger partial charge in [0.2, 0.25) is 5.28 Å². The van der Waals surface area contributed by atoms with Crippen molar-refractivity contribution in [3.63, 3.8) is 0 Å². The summed E-state index contributed by atoms with van der Waals surface area (Å²) in [6.45, 7) is 6.24. The molecule has 130 valence electrons.